The number of nitrogen functional groups attached to an aromatic ring is 1. The van der Waals surface area contributed by atoms with Crippen molar-refractivity contribution < 1.29 is 19.1 Å². The standard InChI is InChI=1S/C20H24N6O4/c1-29-20(28)26-18(22)13-11-23-16(10-14(13)21)24-19(27)25-17(15-8-5-9-30-15)12-6-3-2-4-7-12/h2-4,6-7,10-11,15,17H,5,8-9H2,1H3,(H2,22,26,28)(H4,21,23,24,25,27). The summed E-state index contributed by atoms with van der Waals surface area (Å²) in [7, 11) is 1.19. The Kier molecular flexibility index (Phi) is 6.81. The first-order valence-electron chi connectivity index (χ1n) is 9.40. The monoisotopic (exact) mass is 412 g/mol. The molecule has 2 aromatic rings. The van der Waals surface area contributed by atoms with E-state index in [0.717, 1.165) is 18.4 Å². The van der Waals surface area contributed by atoms with Crippen LogP contribution in [0.2, 0.25) is 0 Å². The van der Waals surface area contributed by atoms with Gasteiger partial charge in [-0.05, 0) is 18.4 Å². The van der Waals surface area contributed by atoms with Crippen LogP contribution in [0.4, 0.5) is 21.1 Å². The number of rotatable bonds is 5. The maximum atomic E-state index is 12.6. The van der Waals surface area contributed by atoms with Crippen LogP contribution < -0.4 is 22.1 Å². The molecular weight excluding hydrogens is 388 g/mol. The minimum Gasteiger partial charge on any atom is -0.451 e. The predicted molar refractivity (Wildman–Crippen MR) is 112 cm³/mol. The SMILES string of the molecule is COC(=O)N=C(N)c1cnc(NC(=O)NC(c2ccccc2)C2CCCO2)cc1N. The van der Waals surface area contributed by atoms with Crippen LogP contribution in [-0.4, -0.2) is 42.8 Å². The van der Waals surface area contributed by atoms with Crippen molar-refractivity contribution in [2.45, 2.75) is 25.0 Å². The largest absolute Gasteiger partial charge is 0.451 e. The molecule has 0 radical (unpaired) electrons. The lowest BCUT2D eigenvalue weighted by Crippen LogP contribution is -2.38. The molecule has 1 aromatic heterocycles. The van der Waals surface area contributed by atoms with Crippen molar-refractivity contribution in [3.8, 4) is 0 Å². The molecule has 10 nitrogen and oxygen atoms in total. The third kappa shape index (κ3) is 5.23. The molecule has 2 unspecified atom stereocenters. The van der Waals surface area contributed by atoms with Crippen LogP contribution in [0.15, 0.2) is 47.6 Å². The number of carbonyl (C=O) groups is 2. The van der Waals surface area contributed by atoms with E-state index in [1.165, 1.54) is 19.4 Å². The summed E-state index contributed by atoms with van der Waals surface area (Å²) in [5, 5.41) is 5.60. The number of amides is 3. The normalized spacial score (nSPS) is 17.2. The molecule has 0 bridgehead atoms. The van der Waals surface area contributed by atoms with Crippen LogP contribution in [0.3, 0.4) is 0 Å². The van der Waals surface area contributed by atoms with Crippen LogP contribution in [0.25, 0.3) is 0 Å². The lowest BCUT2D eigenvalue weighted by Gasteiger charge is -2.24. The summed E-state index contributed by atoms with van der Waals surface area (Å²) >= 11 is 0. The van der Waals surface area contributed by atoms with Gasteiger partial charge in [0, 0.05) is 24.6 Å². The number of amidine groups is 1. The average Bonchev–Trinajstić information content (AvgIpc) is 3.27. The van der Waals surface area contributed by atoms with Gasteiger partial charge in [-0.1, -0.05) is 30.3 Å². The fourth-order valence-electron chi connectivity index (χ4n) is 3.17. The van der Waals surface area contributed by atoms with Gasteiger partial charge in [0.05, 0.1) is 24.8 Å². The zero-order chi connectivity index (χ0) is 21.5. The Balaban J connectivity index is 1.71. The molecular formula is C20H24N6O4. The van der Waals surface area contributed by atoms with E-state index in [2.05, 4.69) is 25.3 Å². The molecule has 10 heteroatoms. The number of methoxy groups -OCH3 is 1. The summed E-state index contributed by atoms with van der Waals surface area (Å²) in [6.45, 7) is 0.672. The number of nitrogens with two attached hydrogens (primary N) is 2. The first-order chi connectivity index (χ1) is 14.5. The fraction of sp³-hybridized carbons (Fsp3) is 0.300. The Morgan fingerprint density at radius 2 is 2.10 bits per heavy atom. The number of anilines is 2. The third-order valence-corrected chi connectivity index (χ3v) is 4.62. The second-order valence-corrected chi connectivity index (χ2v) is 6.66. The van der Waals surface area contributed by atoms with E-state index in [1.54, 1.807) is 0 Å². The Labute approximate surface area is 173 Å². The molecule has 0 aliphatic carbocycles. The highest BCUT2D eigenvalue weighted by Gasteiger charge is 2.28. The van der Waals surface area contributed by atoms with Gasteiger partial charge in [-0.15, -0.1) is 0 Å². The Hall–Kier alpha value is -3.66. The van der Waals surface area contributed by atoms with Gasteiger partial charge in [0.2, 0.25) is 0 Å². The number of carbonyl (C=O) groups excluding carboxylic acids is 2. The van der Waals surface area contributed by atoms with Crippen molar-refractivity contribution in [1.82, 2.24) is 10.3 Å². The number of nitrogens with zero attached hydrogens (tertiary/aromatic N) is 2. The molecule has 0 saturated carbocycles. The van der Waals surface area contributed by atoms with E-state index in [0.29, 0.717) is 6.61 Å². The quantitative estimate of drug-likeness (QED) is 0.433. The zero-order valence-corrected chi connectivity index (χ0v) is 16.5. The Bertz CT molecular complexity index is 928. The number of benzene rings is 1. The summed E-state index contributed by atoms with van der Waals surface area (Å²) in [5.74, 6) is 0.0872. The van der Waals surface area contributed by atoms with Gasteiger partial charge in [0.15, 0.2) is 0 Å². The highest BCUT2D eigenvalue weighted by atomic mass is 16.5. The number of hydrogen-bond acceptors (Lipinski definition) is 6. The molecule has 2 atom stereocenters. The van der Waals surface area contributed by atoms with E-state index >= 15 is 0 Å². The van der Waals surface area contributed by atoms with Crippen molar-refractivity contribution in [2.24, 2.45) is 10.7 Å². The summed E-state index contributed by atoms with van der Waals surface area (Å²) in [6, 6.07) is 10.3. The van der Waals surface area contributed by atoms with Crippen LogP contribution >= 0.6 is 0 Å². The number of hydrogen-bond donors (Lipinski definition) is 4. The molecule has 30 heavy (non-hydrogen) atoms. The lowest BCUT2D eigenvalue weighted by molar-refractivity contribution is 0.0815. The predicted octanol–water partition coefficient (Wildman–Crippen LogP) is 2.18. The molecule has 1 fully saturated rings. The minimum absolute atomic E-state index is 0.104. The van der Waals surface area contributed by atoms with Gasteiger partial charge >= 0.3 is 12.1 Å². The lowest BCUT2D eigenvalue weighted by atomic mass is 9.99. The van der Waals surface area contributed by atoms with Crippen molar-refractivity contribution >= 4 is 29.5 Å². The molecule has 6 N–H and O–H groups in total. The summed E-state index contributed by atoms with van der Waals surface area (Å²) < 4.78 is 10.2. The van der Waals surface area contributed by atoms with Gasteiger partial charge in [-0.25, -0.2) is 14.6 Å². The minimum atomic E-state index is -0.852. The molecule has 1 saturated heterocycles. The summed E-state index contributed by atoms with van der Waals surface area (Å²) in [5.41, 5.74) is 13.1. The highest BCUT2D eigenvalue weighted by Crippen LogP contribution is 2.27. The number of ether oxygens (including phenoxy) is 2. The van der Waals surface area contributed by atoms with Crippen LogP contribution in [0.5, 0.6) is 0 Å². The van der Waals surface area contributed by atoms with Gasteiger partial charge < -0.3 is 26.3 Å². The number of urea groups is 1. The average molecular weight is 412 g/mol. The van der Waals surface area contributed by atoms with Crippen LogP contribution in [0.1, 0.15) is 30.0 Å². The fourth-order valence-corrected chi connectivity index (χ4v) is 3.17. The molecule has 3 amide bonds. The topological polar surface area (TPSA) is 154 Å². The molecule has 1 aliphatic rings. The molecule has 2 heterocycles. The zero-order valence-electron chi connectivity index (χ0n) is 16.5. The first kappa shape index (κ1) is 21.1. The number of pyridine rings is 1. The maximum absolute atomic E-state index is 12.6. The van der Waals surface area contributed by atoms with E-state index < -0.39 is 12.1 Å². The van der Waals surface area contributed by atoms with Crippen molar-refractivity contribution in [3.05, 3.63) is 53.7 Å². The van der Waals surface area contributed by atoms with Crippen molar-refractivity contribution in [1.29, 1.82) is 0 Å². The highest BCUT2D eigenvalue weighted by molar-refractivity contribution is 6.06. The van der Waals surface area contributed by atoms with Crippen LogP contribution in [0, 0.1) is 0 Å². The molecule has 0 spiro atoms. The second-order valence-electron chi connectivity index (χ2n) is 6.66. The third-order valence-electron chi connectivity index (χ3n) is 4.62. The summed E-state index contributed by atoms with van der Waals surface area (Å²) in [6.07, 6.45) is 2.17. The van der Waals surface area contributed by atoms with E-state index in [1.807, 2.05) is 30.3 Å². The van der Waals surface area contributed by atoms with Gasteiger partial charge in [-0.3, -0.25) is 5.32 Å². The van der Waals surface area contributed by atoms with E-state index in [4.69, 9.17) is 16.2 Å². The molecule has 1 aliphatic heterocycles. The molecule has 1 aromatic carbocycles. The Morgan fingerprint density at radius 1 is 1.33 bits per heavy atom. The molecule has 3 rings (SSSR count). The molecule has 158 valence electrons. The number of nitrogens with one attached hydrogen (secondary N) is 2. The van der Waals surface area contributed by atoms with Gasteiger partial charge in [0.25, 0.3) is 0 Å². The maximum Gasteiger partial charge on any atom is 0.435 e. The van der Waals surface area contributed by atoms with Gasteiger partial charge in [0.1, 0.15) is 11.7 Å². The number of aliphatic imine (C=N–C) groups is 1. The summed E-state index contributed by atoms with van der Waals surface area (Å²) in [4.78, 5) is 31.5. The van der Waals surface area contributed by atoms with Crippen LogP contribution in [-0.2, 0) is 9.47 Å². The Morgan fingerprint density at radius 3 is 2.73 bits per heavy atom. The van der Waals surface area contributed by atoms with E-state index in [-0.39, 0.29) is 35.1 Å². The van der Waals surface area contributed by atoms with Crippen molar-refractivity contribution in [2.75, 3.05) is 24.8 Å². The van der Waals surface area contributed by atoms with Gasteiger partial charge in [-0.2, -0.15) is 4.99 Å². The van der Waals surface area contributed by atoms with E-state index in [9.17, 15) is 9.59 Å². The smallest absolute Gasteiger partial charge is 0.435 e. The second kappa shape index (κ2) is 9.70. The number of aromatic nitrogens is 1. The first-order valence-corrected chi connectivity index (χ1v) is 9.40. The van der Waals surface area contributed by atoms with Crippen molar-refractivity contribution in [3.63, 3.8) is 0 Å².